The van der Waals surface area contributed by atoms with Gasteiger partial charge < -0.3 is 15.0 Å². The Labute approximate surface area is 199 Å². The first-order valence-corrected chi connectivity index (χ1v) is 11.4. The minimum absolute atomic E-state index is 0.0194. The highest BCUT2D eigenvalue weighted by atomic mass is 35.5. The van der Waals surface area contributed by atoms with E-state index in [9.17, 15) is 22.8 Å². The summed E-state index contributed by atoms with van der Waals surface area (Å²) in [6.07, 6.45) is 1.36. The summed E-state index contributed by atoms with van der Waals surface area (Å²) < 4.78 is 44.3. The maximum Gasteiger partial charge on any atom is 0.326 e. The quantitative estimate of drug-likeness (QED) is 0.610. The predicted molar refractivity (Wildman–Crippen MR) is 120 cm³/mol. The Morgan fingerprint density at radius 2 is 1.94 bits per heavy atom. The number of rotatable bonds is 7. The Balaban J connectivity index is 1.23. The second-order valence-corrected chi connectivity index (χ2v) is 8.72. The zero-order valence-corrected chi connectivity index (χ0v) is 19.0. The topological polar surface area (TPSA) is 74.8 Å². The van der Waals surface area contributed by atoms with E-state index in [0.29, 0.717) is 31.7 Å². The second kappa shape index (κ2) is 10.5. The molecule has 0 bridgehead atoms. The van der Waals surface area contributed by atoms with Gasteiger partial charge in [0.1, 0.15) is 17.4 Å². The lowest BCUT2D eigenvalue weighted by molar-refractivity contribution is -0.124. The third kappa shape index (κ3) is 5.55. The maximum atomic E-state index is 13.5. The Hall–Kier alpha value is -3.01. The molecule has 0 spiro atoms. The largest absolute Gasteiger partial charge is 0.484 e. The number of nitrogens with zero attached hydrogens (tertiary/aromatic N) is 3. The number of pyridine rings is 1. The van der Waals surface area contributed by atoms with E-state index in [4.69, 9.17) is 16.3 Å². The fraction of sp³-hybridized carbons (Fsp3) is 0.435. The van der Waals surface area contributed by atoms with Crippen LogP contribution in [0.2, 0.25) is 5.02 Å². The van der Waals surface area contributed by atoms with Gasteiger partial charge in [0.15, 0.2) is 6.61 Å². The zero-order chi connectivity index (χ0) is 24.2. The highest BCUT2D eigenvalue weighted by Crippen LogP contribution is 2.29. The third-order valence-corrected chi connectivity index (χ3v) is 6.41. The van der Waals surface area contributed by atoms with Crippen LogP contribution < -0.4 is 15.0 Å². The molecule has 2 fully saturated rings. The number of amides is 3. The van der Waals surface area contributed by atoms with Gasteiger partial charge in [-0.1, -0.05) is 11.6 Å². The van der Waals surface area contributed by atoms with Gasteiger partial charge in [-0.3, -0.25) is 9.69 Å². The standard InChI is InChI=1S/C23H24ClF3N4O3/c24-18-7-6-17(11-19(18)25)34-13-21(32)29-15-2-4-16(5-3-15)30-9-10-31(23(30)33)20-8-1-14(12-28-20)22(26)27/h1,6-8,11-12,15-16,22H,2-5,9-10,13H2,(H,29,32)/t15-,16-. The van der Waals surface area contributed by atoms with Gasteiger partial charge in [-0.2, -0.15) is 0 Å². The third-order valence-electron chi connectivity index (χ3n) is 6.10. The molecule has 0 unspecified atom stereocenters. The summed E-state index contributed by atoms with van der Waals surface area (Å²) in [6, 6.07) is 6.52. The number of hydrogen-bond donors (Lipinski definition) is 1. The van der Waals surface area contributed by atoms with Crippen LogP contribution in [-0.2, 0) is 4.79 Å². The van der Waals surface area contributed by atoms with Crippen molar-refractivity contribution in [2.75, 3.05) is 24.6 Å². The summed E-state index contributed by atoms with van der Waals surface area (Å²) in [7, 11) is 0. The van der Waals surface area contributed by atoms with Crippen molar-refractivity contribution in [3.63, 3.8) is 0 Å². The van der Waals surface area contributed by atoms with Gasteiger partial charge >= 0.3 is 6.03 Å². The molecular formula is C23H24ClF3N4O3. The molecule has 34 heavy (non-hydrogen) atoms. The molecule has 0 radical (unpaired) electrons. The summed E-state index contributed by atoms with van der Waals surface area (Å²) in [4.78, 5) is 32.4. The molecular weight excluding hydrogens is 473 g/mol. The molecule has 0 atom stereocenters. The van der Waals surface area contributed by atoms with Gasteiger partial charge in [-0.25, -0.2) is 22.9 Å². The summed E-state index contributed by atoms with van der Waals surface area (Å²) in [5, 5.41) is 2.90. The number of alkyl halides is 2. The van der Waals surface area contributed by atoms with Crippen molar-refractivity contribution >= 4 is 29.4 Å². The molecule has 1 saturated carbocycles. The molecule has 182 valence electrons. The zero-order valence-electron chi connectivity index (χ0n) is 18.2. The van der Waals surface area contributed by atoms with E-state index in [1.807, 2.05) is 0 Å². The van der Waals surface area contributed by atoms with Crippen molar-refractivity contribution in [3.05, 3.63) is 52.9 Å². The first-order valence-electron chi connectivity index (χ1n) is 11.0. The number of halogens is 4. The molecule has 7 nitrogen and oxygen atoms in total. The van der Waals surface area contributed by atoms with Gasteiger partial charge in [0.25, 0.3) is 12.3 Å². The van der Waals surface area contributed by atoms with E-state index in [1.54, 1.807) is 4.90 Å². The molecule has 4 rings (SSSR count). The monoisotopic (exact) mass is 496 g/mol. The second-order valence-electron chi connectivity index (χ2n) is 8.32. The van der Waals surface area contributed by atoms with Crippen LogP contribution in [0.25, 0.3) is 0 Å². The number of anilines is 1. The van der Waals surface area contributed by atoms with Crippen molar-refractivity contribution in [3.8, 4) is 5.75 Å². The van der Waals surface area contributed by atoms with Gasteiger partial charge in [0.2, 0.25) is 0 Å². The van der Waals surface area contributed by atoms with Crippen LogP contribution in [0.15, 0.2) is 36.5 Å². The smallest absolute Gasteiger partial charge is 0.326 e. The fourth-order valence-electron chi connectivity index (χ4n) is 4.31. The molecule has 1 aromatic heterocycles. The summed E-state index contributed by atoms with van der Waals surface area (Å²) in [5.74, 6) is -0.343. The van der Waals surface area contributed by atoms with E-state index >= 15 is 0 Å². The van der Waals surface area contributed by atoms with E-state index in [1.165, 1.54) is 29.2 Å². The number of ether oxygens (including phenoxy) is 1. The average Bonchev–Trinajstić information content (AvgIpc) is 3.21. The van der Waals surface area contributed by atoms with Crippen LogP contribution in [0.5, 0.6) is 5.75 Å². The van der Waals surface area contributed by atoms with Gasteiger partial charge in [-0.05, 0) is 49.9 Å². The summed E-state index contributed by atoms with van der Waals surface area (Å²) >= 11 is 5.63. The Bertz CT molecular complexity index is 1030. The Kier molecular flexibility index (Phi) is 7.45. The number of urea groups is 1. The predicted octanol–water partition coefficient (Wildman–Crippen LogP) is 4.56. The first-order chi connectivity index (χ1) is 16.3. The molecule has 1 aliphatic carbocycles. The molecule has 1 aliphatic heterocycles. The van der Waals surface area contributed by atoms with E-state index < -0.39 is 12.2 Å². The lowest BCUT2D eigenvalue weighted by Gasteiger charge is -2.34. The summed E-state index contributed by atoms with van der Waals surface area (Å²) in [5.41, 5.74) is -0.182. The SMILES string of the molecule is O=C(COc1ccc(Cl)c(F)c1)N[C@H]1CC[C@H](N2CCN(c3ccc(C(F)F)cn3)C2=O)CC1. The van der Waals surface area contributed by atoms with Crippen molar-refractivity contribution in [2.45, 2.75) is 44.2 Å². The van der Waals surface area contributed by atoms with E-state index in [-0.39, 0.29) is 47.0 Å². The van der Waals surface area contributed by atoms with Gasteiger partial charge in [0, 0.05) is 43.0 Å². The molecule has 1 N–H and O–H groups in total. The highest BCUT2D eigenvalue weighted by molar-refractivity contribution is 6.30. The normalized spacial score (nSPS) is 20.7. The van der Waals surface area contributed by atoms with Crippen molar-refractivity contribution < 1.29 is 27.5 Å². The molecule has 1 aromatic carbocycles. The van der Waals surface area contributed by atoms with Crippen molar-refractivity contribution in [1.82, 2.24) is 15.2 Å². The number of aromatic nitrogens is 1. The molecule has 1 saturated heterocycles. The van der Waals surface area contributed by atoms with Crippen molar-refractivity contribution in [2.24, 2.45) is 0 Å². The van der Waals surface area contributed by atoms with Gasteiger partial charge in [0.05, 0.1) is 5.02 Å². The number of nitrogens with one attached hydrogen (secondary N) is 1. The molecule has 2 aromatic rings. The minimum Gasteiger partial charge on any atom is -0.484 e. The fourth-order valence-corrected chi connectivity index (χ4v) is 4.43. The van der Waals surface area contributed by atoms with Crippen LogP contribution >= 0.6 is 11.6 Å². The van der Waals surface area contributed by atoms with Gasteiger partial charge in [-0.15, -0.1) is 0 Å². The maximum absolute atomic E-state index is 13.5. The highest BCUT2D eigenvalue weighted by Gasteiger charge is 2.37. The van der Waals surface area contributed by atoms with Crippen LogP contribution in [0.1, 0.15) is 37.7 Å². The van der Waals surface area contributed by atoms with Crippen LogP contribution in [0.4, 0.5) is 23.8 Å². The minimum atomic E-state index is -2.60. The van der Waals surface area contributed by atoms with Crippen LogP contribution in [-0.4, -0.2) is 53.6 Å². The summed E-state index contributed by atoms with van der Waals surface area (Å²) in [6.45, 7) is 0.737. The molecule has 3 amide bonds. The average molecular weight is 497 g/mol. The number of carbonyl (C=O) groups is 2. The van der Waals surface area contributed by atoms with Crippen LogP contribution in [0, 0.1) is 5.82 Å². The molecule has 11 heteroatoms. The number of hydrogen-bond acceptors (Lipinski definition) is 4. The van der Waals surface area contributed by atoms with E-state index in [2.05, 4.69) is 10.3 Å². The number of carbonyl (C=O) groups excluding carboxylic acids is 2. The Morgan fingerprint density at radius 1 is 1.18 bits per heavy atom. The lowest BCUT2D eigenvalue weighted by Crippen LogP contribution is -2.46. The lowest BCUT2D eigenvalue weighted by atomic mass is 9.90. The molecule has 2 aliphatic rings. The Morgan fingerprint density at radius 3 is 2.59 bits per heavy atom. The first kappa shape index (κ1) is 24.1. The van der Waals surface area contributed by atoms with Crippen LogP contribution in [0.3, 0.4) is 0 Å². The number of benzene rings is 1. The molecule has 2 heterocycles. The van der Waals surface area contributed by atoms with Crippen molar-refractivity contribution in [1.29, 1.82) is 0 Å². The van der Waals surface area contributed by atoms with E-state index in [0.717, 1.165) is 25.1 Å².